The van der Waals surface area contributed by atoms with E-state index in [9.17, 15) is 18.0 Å². The van der Waals surface area contributed by atoms with Gasteiger partial charge in [-0.1, -0.05) is 23.7 Å². The van der Waals surface area contributed by atoms with E-state index < -0.39 is 17.8 Å². The van der Waals surface area contributed by atoms with Gasteiger partial charge in [0.25, 0.3) is 0 Å². The minimum absolute atomic E-state index is 0.200. The molecular weight excluding hydrogens is 415 g/mol. The molecule has 1 fully saturated rings. The third kappa shape index (κ3) is 3.89. The molecule has 1 aliphatic carbocycles. The Morgan fingerprint density at radius 2 is 1.87 bits per heavy atom. The van der Waals surface area contributed by atoms with Crippen molar-refractivity contribution in [3.8, 4) is 22.3 Å². The molecule has 2 heterocycles. The number of pyridine rings is 2. The second-order valence-corrected chi connectivity index (χ2v) is 7.74. The maximum absolute atomic E-state index is 13.6. The van der Waals surface area contributed by atoms with Crippen LogP contribution in [0.1, 0.15) is 46.1 Å². The summed E-state index contributed by atoms with van der Waals surface area (Å²) in [6.07, 6.45) is -1.73. The highest BCUT2D eigenvalue weighted by molar-refractivity contribution is 6.29. The molecule has 0 saturated heterocycles. The molecule has 0 radical (unpaired) electrons. The number of halogens is 4. The van der Waals surface area contributed by atoms with Crippen molar-refractivity contribution in [3.63, 3.8) is 0 Å². The van der Waals surface area contributed by atoms with E-state index in [2.05, 4.69) is 9.97 Å². The summed E-state index contributed by atoms with van der Waals surface area (Å²) in [5.41, 5.74) is 7.02. The fourth-order valence-corrected chi connectivity index (χ4v) is 3.74. The number of amides is 1. The number of carbonyl (C=O) groups is 1. The molecule has 1 saturated carbocycles. The van der Waals surface area contributed by atoms with Crippen LogP contribution in [0.5, 0.6) is 0 Å². The van der Waals surface area contributed by atoms with E-state index in [0.29, 0.717) is 16.6 Å². The standard InChI is InChI=1S/C22H17ClF3N3O/c1-11-2-3-13(19-15(21(27)30)6-7-28-20(19)22(24,25)26)8-16(11)14-9-17(12-4-5-12)29-18(23)10-14/h2-3,6-10,12H,4-5H2,1H3,(H2,27,30). The molecule has 3 aromatic rings. The molecule has 154 valence electrons. The molecule has 1 aromatic carbocycles. The van der Waals surface area contributed by atoms with Crippen LogP contribution in [0.3, 0.4) is 0 Å². The Morgan fingerprint density at radius 1 is 1.13 bits per heavy atom. The zero-order valence-corrected chi connectivity index (χ0v) is 16.7. The molecule has 8 heteroatoms. The van der Waals surface area contributed by atoms with E-state index in [4.69, 9.17) is 17.3 Å². The van der Waals surface area contributed by atoms with Crippen LogP contribution in [-0.2, 0) is 6.18 Å². The number of hydrogen-bond donors (Lipinski definition) is 1. The van der Waals surface area contributed by atoms with Gasteiger partial charge < -0.3 is 5.73 Å². The molecule has 2 aromatic heterocycles. The van der Waals surface area contributed by atoms with Gasteiger partial charge in [0.2, 0.25) is 5.91 Å². The minimum Gasteiger partial charge on any atom is -0.366 e. The quantitative estimate of drug-likeness (QED) is 0.533. The average Bonchev–Trinajstić information content (AvgIpc) is 3.52. The van der Waals surface area contributed by atoms with E-state index in [1.807, 2.05) is 13.0 Å². The Morgan fingerprint density at radius 3 is 2.50 bits per heavy atom. The first-order valence-electron chi connectivity index (χ1n) is 9.30. The van der Waals surface area contributed by atoms with Gasteiger partial charge in [0.1, 0.15) is 5.15 Å². The number of aromatic nitrogens is 2. The van der Waals surface area contributed by atoms with Gasteiger partial charge in [-0.3, -0.25) is 9.78 Å². The highest BCUT2D eigenvalue weighted by Crippen LogP contribution is 2.42. The lowest BCUT2D eigenvalue weighted by molar-refractivity contribution is -0.140. The fraction of sp³-hybridized carbons (Fsp3) is 0.227. The predicted octanol–water partition coefficient (Wildman–Crippen LogP) is 5.77. The summed E-state index contributed by atoms with van der Waals surface area (Å²) in [6, 6.07) is 9.63. The van der Waals surface area contributed by atoms with E-state index in [-0.39, 0.29) is 16.7 Å². The number of hydrogen-bond acceptors (Lipinski definition) is 3. The van der Waals surface area contributed by atoms with Gasteiger partial charge in [0.15, 0.2) is 5.69 Å². The first kappa shape index (κ1) is 20.3. The third-order valence-electron chi connectivity index (χ3n) is 5.13. The number of aryl methyl sites for hydroxylation is 1. The van der Waals surface area contributed by atoms with Crippen LogP contribution >= 0.6 is 11.6 Å². The molecule has 0 bridgehead atoms. The molecule has 0 spiro atoms. The zero-order chi connectivity index (χ0) is 21.6. The average molecular weight is 432 g/mol. The second-order valence-electron chi connectivity index (χ2n) is 7.35. The van der Waals surface area contributed by atoms with Gasteiger partial charge in [-0.2, -0.15) is 13.2 Å². The van der Waals surface area contributed by atoms with Gasteiger partial charge >= 0.3 is 6.18 Å². The van der Waals surface area contributed by atoms with Gasteiger partial charge in [0, 0.05) is 23.4 Å². The number of nitrogens with zero attached hydrogens (tertiary/aromatic N) is 2. The molecule has 2 N–H and O–H groups in total. The van der Waals surface area contributed by atoms with Crippen LogP contribution in [0.15, 0.2) is 42.6 Å². The molecule has 0 atom stereocenters. The Hall–Kier alpha value is -2.93. The molecule has 1 aliphatic rings. The van der Waals surface area contributed by atoms with Crippen molar-refractivity contribution in [2.24, 2.45) is 5.73 Å². The van der Waals surface area contributed by atoms with Gasteiger partial charge in [-0.25, -0.2) is 4.98 Å². The van der Waals surface area contributed by atoms with Crippen LogP contribution in [0.25, 0.3) is 22.3 Å². The summed E-state index contributed by atoms with van der Waals surface area (Å²) in [6.45, 7) is 1.85. The lowest BCUT2D eigenvalue weighted by Crippen LogP contribution is -2.18. The zero-order valence-electron chi connectivity index (χ0n) is 15.9. The summed E-state index contributed by atoms with van der Waals surface area (Å²) in [4.78, 5) is 19.7. The van der Waals surface area contributed by atoms with Gasteiger partial charge in [-0.15, -0.1) is 0 Å². The van der Waals surface area contributed by atoms with Crippen LogP contribution in [0.2, 0.25) is 5.15 Å². The SMILES string of the molecule is Cc1ccc(-c2c(C(N)=O)ccnc2C(F)(F)F)cc1-c1cc(Cl)nc(C2CC2)c1. The first-order chi connectivity index (χ1) is 14.1. The lowest BCUT2D eigenvalue weighted by Gasteiger charge is -2.17. The molecular formula is C22H17ClF3N3O. The monoisotopic (exact) mass is 431 g/mol. The van der Waals surface area contributed by atoms with E-state index >= 15 is 0 Å². The van der Waals surface area contributed by atoms with Crippen molar-refractivity contribution in [3.05, 3.63) is 70.3 Å². The fourth-order valence-electron chi connectivity index (χ4n) is 3.52. The molecule has 0 aliphatic heterocycles. The molecule has 4 nitrogen and oxygen atoms in total. The third-order valence-corrected chi connectivity index (χ3v) is 5.33. The summed E-state index contributed by atoms with van der Waals surface area (Å²) >= 11 is 6.20. The summed E-state index contributed by atoms with van der Waals surface area (Å²) in [7, 11) is 0. The van der Waals surface area contributed by atoms with Crippen molar-refractivity contribution >= 4 is 17.5 Å². The highest BCUT2D eigenvalue weighted by atomic mass is 35.5. The van der Waals surface area contributed by atoms with Gasteiger partial charge in [-0.05, 0) is 66.3 Å². The normalized spacial score (nSPS) is 14.0. The smallest absolute Gasteiger partial charge is 0.366 e. The van der Waals surface area contributed by atoms with Crippen LogP contribution in [-0.4, -0.2) is 15.9 Å². The van der Waals surface area contributed by atoms with Crippen molar-refractivity contribution in [1.29, 1.82) is 0 Å². The van der Waals surface area contributed by atoms with Crippen LogP contribution in [0.4, 0.5) is 13.2 Å². The highest BCUT2D eigenvalue weighted by Gasteiger charge is 2.37. The number of benzene rings is 1. The van der Waals surface area contributed by atoms with Crippen molar-refractivity contribution in [2.75, 3.05) is 0 Å². The number of alkyl halides is 3. The largest absolute Gasteiger partial charge is 0.433 e. The maximum atomic E-state index is 13.6. The Kier molecular flexibility index (Phi) is 5.02. The topological polar surface area (TPSA) is 68.9 Å². The number of carbonyl (C=O) groups excluding carboxylic acids is 1. The lowest BCUT2D eigenvalue weighted by atomic mass is 9.92. The van der Waals surface area contributed by atoms with Crippen molar-refractivity contribution < 1.29 is 18.0 Å². The minimum atomic E-state index is -4.75. The molecule has 4 rings (SSSR count). The molecule has 0 unspecified atom stereocenters. The Balaban J connectivity index is 1.93. The number of rotatable bonds is 4. The van der Waals surface area contributed by atoms with Crippen molar-refractivity contribution in [2.45, 2.75) is 31.9 Å². The van der Waals surface area contributed by atoms with E-state index in [0.717, 1.165) is 35.9 Å². The van der Waals surface area contributed by atoms with Crippen LogP contribution in [0, 0.1) is 6.92 Å². The Labute approximate surface area is 175 Å². The van der Waals surface area contributed by atoms with Crippen LogP contribution < -0.4 is 5.73 Å². The summed E-state index contributed by atoms with van der Waals surface area (Å²) < 4.78 is 40.9. The number of primary amides is 1. The van der Waals surface area contributed by atoms with E-state index in [1.54, 1.807) is 18.2 Å². The van der Waals surface area contributed by atoms with E-state index in [1.165, 1.54) is 12.1 Å². The van der Waals surface area contributed by atoms with Gasteiger partial charge in [0.05, 0.1) is 5.56 Å². The Bertz CT molecular complexity index is 1160. The maximum Gasteiger partial charge on any atom is 0.433 e. The molecule has 30 heavy (non-hydrogen) atoms. The van der Waals surface area contributed by atoms with Crippen molar-refractivity contribution in [1.82, 2.24) is 9.97 Å². The predicted molar refractivity (Wildman–Crippen MR) is 108 cm³/mol. The molecule has 1 amide bonds. The summed E-state index contributed by atoms with van der Waals surface area (Å²) in [5, 5.41) is 0.328. The summed E-state index contributed by atoms with van der Waals surface area (Å²) in [5.74, 6) is -0.592. The second kappa shape index (κ2) is 7.40. The first-order valence-corrected chi connectivity index (χ1v) is 9.68. The number of nitrogens with two attached hydrogens (primary N) is 1.